The minimum atomic E-state index is -3.77. The van der Waals surface area contributed by atoms with Crippen molar-refractivity contribution in [2.45, 2.75) is 62.1 Å². The molecule has 2 saturated carbocycles. The Kier molecular flexibility index (Phi) is 2.90. The third kappa shape index (κ3) is 2.16. The van der Waals surface area contributed by atoms with Gasteiger partial charge in [0.05, 0.1) is 0 Å². The summed E-state index contributed by atoms with van der Waals surface area (Å²) in [5.74, 6) is 1.18. The molecule has 2 aliphatic rings. The van der Waals surface area contributed by atoms with E-state index in [1.54, 1.807) is 4.57 Å². The number of aromatic nitrogens is 3. The number of primary sulfonamides is 1. The van der Waals surface area contributed by atoms with Crippen molar-refractivity contribution in [3.05, 3.63) is 5.82 Å². The number of nitrogens with zero attached hydrogens (tertiary/aromatic N) is 3. The second-order valence-corrected chi connectivity index (χ2v) is 6.78. The van der Waals surface area contributed by atoms with Crippen LogP contribution in [0.3, 0.4) is 0 Å². The Morgan fingerprint density at radius 1 is 1.06 bits per heavy atom. The molecule has 0 spiro atoms. The smallest absolute Gasteiger partial charge is 0.273 e. The Labute approximate surface area is 107 Å². The van der Waals surface area contributed by atoms with E-state index in [9.17, 15) is 8.42 Å². The van der Waals surface area contributed by atoms with Gasteiger partial charge in [-0.05, 0) is 25.7 Å². The average molecular weight is 270 g/mol. The molecule has 1 heterocycles. The van der Waals surface area contributed by atoms with Crippen molar-refractivity contribution in [3.8, 4) is 0 Å². The van der Waals surface area contributed by atoms with Crippen LogP contribution in [0.25, 0.3) is 0 Å². The van der Waals surface area contributed by atoms with Crippen molar-refractivity contribution in [2.24, 2.45) is 5.14 Å². The minimum Gasteiger partial charge on any atom is -0.297 e. The van der Waals surface area contributed by atoms with Gasteiger partial charge in [-0.2, -0.15) is 0 Å². The summed E-state index contributed by atoms with van der Waals surface area (Å²) in [5, 5.41) is 13.1. The molecule has 0 radical (unpaired) electrons. The Morgan fingerprint density at radius 2 is 1.72 bits per heavy atom. The van der Waals surface area contributed by atoms with Gasteiger partial charge in [-0.3, -0.25) is 4.57 Å². The van der Waals surface area contributed by atoms with Crippen LogP contribution in [0.4, 0.5) is 0 Å². The van der Waals surface area contributed by atoms with Gasteiger partial charge in [0.1, 0.15) is 5.82 Å². The quantitative estimate of drug-likeness (QED) is 0.896. The Morgan fingerprint density at radius 3 is 2.28 bits per heavy atom. The molecule has 6 nitrogen and oxygen atoms in total. The van der Waals surface area contributed by atoms with Crippen LogP contribution in [0.5, 0.6) is 0 Å². The lowest BCUT2D eigenvalue weighted by atomic mass is 9.88. The predicted octanol–water partition coefficient (Wildman–Crippen LogP) is 1.31. The molecule has 0 saturated heterocycles. The van der Waals surface area contributed by atoms with E-state index < -0.39 is 10.0 Å². The van der Waals surface area contributed by atoms with Gasteiger partial charge in [-0.15, -0.1) is 10.2 Å². The largest absolute Gasteiger partial charge is 0.297 e. The standard InChI is InChI=1S/C11H18N4O2S/c12-18(16,17)11-14-13-10(15(11)9-6-7-9)8-4-2-1-3-5-8/h8-9H,1-7H2,(H2,12,16,17). The molecular formula is C11H18N4O2S. The molecule has 0 aromatic carbocycles. The van der Waals surface area contributed by atoms with Crippen LogP contribution in [0, 0.1) is 0 Å². The molecule has 3 rings (SSSR count). The van der Waals surface area contributed by atoms with E-state index in [4.69, 9.17) is 5.14 Å². The first-order valence-electron chi connectivity index (χ1n) is 6.55. The maximum Gasteiger partial charge on any atom is 0.273 e. The fraction of sp³-hybridized carbons (Fsp3) is 0.818. The lowest BCUT2D eigenvalue weighted by Gasteiger charge is -2.21. The molecule has 7 heteroatoms. The summed E-state index contributed by atoms with van der Waals surface area (Å²) < 4.78 is 24.9. The lowest BCUT2D eigenvalue weighted by Crippen LogP contribution is -2.20. The number of sulfonamides is 1. The van der Waals surface area contributed by atoms with Crippen molar-refractivity contribution in [1.29, 1.82) is 0 Å². The predicted molar refractivity (Wildman–Crippen MR) is 65.5 cm³/mol. The van der Waals surface area contributed by atoms with E-state index in [1.807, 2.05) is 0 Å². The van der Waals surface area contributed by atoms with Crippen LogP contribution in [-0.2, 0) is 10.0 Å². The van der Waals surface area contributed by atoms with E-state index in [0.29, 0.717) is 5.92 Å². The molecule has 0 atom stereocenters. The summed E-state index contributed by atoms with van der Waals surface area (Å²) in [6.07, 6.45) is 7.79. The number of rotatable bonds is 3. The fourth-order valence-corrected chi connectivity index (χ4v) is 3.47. The second-order valence-electron chi connectivity index (χ2n) is 5.32. The molecule has 1 aromatic rings. The first-order chi connectivity index (χ1) is 8.57. The van der Waals surface area contributed by atoms with Gasteiger partial charge in [-0.1, -0.05) is 19.3 Å². The number of nitrogens with two attached hydrogens (primary N) is 1. The molecule has 18 heavy (non-hydrogen) atoms. The highest BCUT2D eigenvalue weighted by molar-refractivity contribution is 7.89. The van der Waals surface area contributed by atoms with Crippen LogP contribution in [-0.4, -0.2) is 23.2 Å². The molecule has 2 aliphatic carbocycles. The third-order valence-electron chi connectivity index (χ3n) is 3.83. The molecule has 100 valence electrons. The van der Waals surface area contributed by atoms with Gasteiger partial charge in [-0.25, -0.2) is 13.6 Å². The molecular weight excluding hydrogens is 252 g/mol. The molecule has 0 unspecified atom stereocenters. The topological polar surface area (TPSA) is 90.9 Å². The van der Waals surface area contributed by atoms with Gasteiger partial charge in [0.25, 0.3) is 15.2 Å². The molecule has 2 fully saturated rings. The van der Waals surface area contributed by atoms with Gasteiger partial charge in [0, 0.05) is 12.0 Å². The van der Waals surface area contributed by atoms with E-state index in [-0.39, 0.29) is 11.2 Å². The normalized spacial score (nSPS) is 22.3. The highest BCUT2D eigenvalue weighted by atomic mass is 32.2. The van der Waals surface area contributed by atoms with Crippen molar-refractivity contribution < 1.29 is 8.42 Å². The van der Waals surface area contributed by atoms with Crippen molar-refractivity contribution in [2.75, 3.05) is 0 Å². The fourth-order valence-electron chi connectivity index (χ4n) is 2.80. The minimum absolute atomic E-state index is 0.0504. The van der Waals surface area contributed by atoms with Crippen LogP contribution >= 0.6 is 0 Å². The van der Waals surface area contributed by atoms with Crippen molar-refractivity contribution in [3.63, 3.8) is 0 Å². The summed E-state index contributed by atoms with van der Waals surface area (Å²) in [5.41, 5.74) is 0. The summed E-state index contributed by atoms with van der Waals surface area (Å²) in [6, 6.07) is 0.241. The number of hydrogen-bond acceptors (Lipinski definition) is 4. The van der Waals surface area contributed by atoms with Crippen LogP contribution in [0.15, 0.2) is 5.16 Å². The van der Waals surface area contributed by atoms with Gasteiger partial charge in [0.2, 0.25) is 0 Å². The van der Waals surface area contributed by atoms with Crippen molar-refractivity contribution >= 4 is 10.0 Å². The molecule has 0 aliphatic heterocycles. The summed E-state index contributed by atoms with van der Waals surface area (Å²) in [7, 11) is -3.77. The van der Waals surface area contributed by atoms with E-state index in [1.165, 1.54) is 19.3 Å². The zero-order valence-corrected chi connectivity index (χ0v) is 11.1. The van der Waals surface area contributed by atoms with Crippen LogP contribution in [0.1, 0.15) is 62.7 Å². The highest BCUT2D eigenvalue weighted by Gasteiger charge is 2.35. The maximum atomic E-state index is 11.5. The van der Waals surface area contributed by atoms with Gasteiger partial charge in [0.15, 0.2) is 0 Å². The zero-order chi connectivity index (χ0) is 12.8. The molecule has 0 bridgehead atoms. The van der Waals surface area contributed by atoms with E-state index in [2.05, 4.69) is 10.2 Å². The summed E-state index contributed by atoms with van der Waals surface area (Å²) in [4.78, 5) is 0. The van der Waals surface area contributed by atoms with E-state index in [0.717, 1.165) is 31.5 Å². The first kappa shape index (κ1) is 12.1. The lowest BCUT2D eigenvalue weighted by molar-refractivity contribution is 0.410. The Bertz CT molecular complexity index is 541. The van der Waals surface area contributed by atoms with Crippen LogP contribution < -0.4 is 5.14 Å². The summed E-state index contributed by atoms with van der Waals surface area (Å²) in [6.45, 7) is 0. The second kappa shape index (κ2) is 4.31. The Hall–Kier alpha value is -0.950. The molecule has 0 amide bonds. The average Bonchev–Trinajstić information content (AvgIpc) is 3.07. The zero-order valence-electron chi connectivity index (χ0n) is 10.2. The van der Waals surface area contributed by atoms with Gasteiger partial charge >= 0.3 is 0 Å². The first-order valence-corrected chi connectivity index (χ1v) is 8.09. The maximum absolute atomic E-state index is 11.5. The van der Waals surface area contributed by atoms with Gasteiger partial charge < -0.3 is 0 Å². The number of hydrogen-bond donors (Lipinski definition) is 1. The molecule has 1 aromatic heterocycles. The summed E-state index contributed by atoms with van der Waals surface area (Å²) >= 11 is 0. The monoisotopic (exact) mass is 270 g/mol. The third-order valence-corrected chi connectivity index (χ3v) is 4.62. The van der Waals surface area contributed by atoms with Crippen molar-refractivity contribution in [1.82, 2.24) is 14.8 Å². The van der Waals surface area contributed by atoms with Crippen LogP contribution in [0.2, 0.25) is 0 Å². The van der Waals surface area contributed by atoms with E-state index >= 15 is 0 Å². The molecule has 2 N–H and O–H groups in total. The SMILES string of the molecule is NS(=O)(=O)c1nnc(C2CCCCC2)n1C1CC1. The Balaban J connectivity index is 2.01. The highest BCUT2D eigenvalue weighted by Crippen LogP contribution is 2.41.